The first kappa shape index (κ1) is 11.0. The van der Waals surface area contributed by atoms with Crippen LogP contribution < -0.4 is 0 Å². The summed E-state index contributed by atoms with van der Waals surface area (Å²) >= 11 is 5.28. The van der Waals surface area contributed by atoms with Crippen LogP contribution in [0.15, 0.2) is 28.7 Å². The summed E-state index contributed by atoms with van der Waals surface area (Å²) in [5.41, 5.74) is 1.25. The van der Waals surface area contributed by atoms with E-state index in [1.165, 1.54) is 12.0 Å². The third kappa shape index (κ3) is 2.56. The van der Waals surface area contributed by atoms with Crippen LogP contribution in [0, 0.1) is 11.3 Å². The molecule has 3 heteroatoms. The van der Waals surface area contributed by atoms with E-state index < -0.39 is 0 Å². The van der Waals surface area contributed by atoms with Crippen LogP contribution >= 0.6 is 27.7 Å². The molecule has 0 aromatic heterocycles. The molecule has 1 nitrogen and oxygen atoms in total. The fourth-order valence-corrected chi connectivity index (χ4v) is 3.69. The number of halogens is 1. The normalized spacial score (nSPS) is 25.1. The van der Waals surface area contributed by atoms with E-state index >= 15 is 0 Å². The largest absolute Gasteiger partial charge is 0.197 e. The monoisotopic (exact) mass is 281 g/mol. The summed E-state index contributed by atoms with van der Waals surface area (Å²) in [6.45, 7) is 0. The molecule has 1 unspecified atom stereocenters. The highest BCUT2D eigenvalue weighted by Crippen LogP contribution is 2.40. The summed E-state index contributed by atoms with van der Waals surface area (Å²) in [6, 6.07) is 10.8. The molecule has 0 spiro atoms. The van der Waals surface area contributed by atoms with E-state index in [2.05, 4.69) is 34.1 Å². The summed E-state index contributed by atoms with van der Waals surface area (Å²) in [4.78, 5) is 0. The molecule has 1 aromatic carbocycles. The van der Waals surface area contributed by atoms with Gasteiger partial charge in [-0.05, 0) is 36.3 Å². The number of hydrogen-bond acceptors (Lipinski definition) is 2. The summed E-state index contributed by atoms with van der Waals surface area (Å²) in [5, 5.41) is 9.26. The maximum absolute atomic E-state index is 9.26. The second kappa shape index (κ2) is 4.59. The van der Waals surface area contributed by atoms with E-state index in [1.54, 1.807) is 0 Å². The van der Waals surface area contributed by atoms with Crippen molar-refractivity contribution in [3.63, 3.8) is 0 Å². The Hall–Kier alpha value is -0.460. The van der Waals surface area contributed by atoms with Crippen molar-refractivity contribution in [2.24, 2.45) is 0 Å². The van der Waals surface area contributed by atoms with Crippen molar-refractivity contribution >= 4 is 27.7 Å². The van der Waals surface area contributed by atoms with Gasteiger partial charge >= 0.3 is 0 Å². The number of nitriles is 1. The van der Waals surface area contributed by atoms with Gasteiger partial charge in [0.2, 0.25) is 0 Å². The van der Waals surface area contributed by atoms with Crippen LogP contribution in [0.25, 0.3) is 0 Å². The second-order valence-electron chi connectivity index (χ2n) is 3.86. The lowest BCUT2D eigenvalue weighted by Gasteiger charge is -2.19. The lowest BCUT2D eigenvalue weighted by molar-refractivity contribution is 0.672. The SMILES string of the molecule is N#CC1(Cc2cccc(Br)c2)CCCS1. The van der Waals surface area contributed by atoms with Gasteiger partial charge in [-0.3, -0.25) is 0 Å². The van der Waals surface area contributed by atoms with E-state index in [-0.39, 0.29) is 4.75 Å². The Kier molecular flexibility index (Phi) is 3.38. The van der Waals surface area contributed by atoms with Gasteiger partial charge in [0.1, 0.15) is 4.75 Å². The van der Waals surface area contributed by atoms with Gasteiger partial charge < -0.3 is 0 Å². The quantitative estimate of drug-likeness (QED) is 0.824. The minimum Gasteiger partial charge on any atom is -0.197 e. The van der Waals surface area contributed by atoms with Crippen molar-refractivity contribution < 1.29 is 0 Å². The van der Waals surface area contributed by atoms with Crippen LogP contribution in [-0.2, 0) is 6.42 Å². The highest BCUT2D eigenvalue weighted by molar-refractivity contribution is 9.10. The zero-order valence-corrected chi connectivity index (χ0v) is 10.8. The van der Waals surface area contributed by atoms with Crippen molar-refractivity contribution in [2.75, 3.05) is 5.75 Å². The molecule has 1 fully saturated rings. The van der Waals surface area contributed by atoms with Gasteiger partial charge in [-0.1, -0.05) is 28.1 Å². The van der Waals surface area contributed by atoms with Crippen LogP contribution in [-0.4, -0.2) is 10.5 Å². The van der Waals surface area contributed by atoms with Gasteiger partial charge in [-0.15, -0.1) is 11.8 Å². The fraction of sp³-hybridized carbons (Fsp3) is 0.417. The Morgan fingerprint density at radius 1 is 1.53 bits per heavy atom. The van der Waals surface area contributed by atoms with Crippen molar-refractivity contribution in [3.05, 3.63) is 34.3 Å². The number of nitrogens with zero attached hydrogens (tertiary/aromatic N) is 1. The molecule has 1 aliphatic rings. The number of hydrogen-bond donors (Lipinski definition) is 0. The zero-order chi connectivity index (χ0) is 10.7. The molecule has 1 aromatic rings. The lowest BCUT2D eigenvalue weighted by atomic mass is 9.96. The van der Waals surface area contributed by atoms with Gasteiger partial charge in [-0.25, -0.2) is 0 Å². The second-order valence-corrected chi connectivity index (χ2v) is 6.26. The van der Waals surface area contributed by atoms with E-state index in [1.807, 2.05) is 23.9 Å². The average molecular weight is 282 g/mol. The molecule has 2 rings (SSSR count). The summed E-state index contributed by atoms with van der Waals surface area (Å²) in [6.07, 6.45) is 3.07. The summed E-state index contributed by atoms with van der Waals surface area (Å²) < 4.78 is 0.928. The molecular formula is C12H12BrNS. The molecule has 0 N–H and O–H groups in total. The molecule has 0 saturated carbocycles. The van der Waals surface area contributed by atoms with E-state index in [0.717, 1.165) is 23.1 Å². The molecule has 0 bridgehead atoms. The number of thioether (sulfide) groups is 1. The van der Waals surface area contributed by atoms with Crippen molar-refractivity contribution in [1.82, 2.24) is 0 Å². The Bertz CT molecular complexity index is 391. The Balaban J connectivity index is 2.17. The van der Waals surface area contributed by atoms with Gasteiger partial charge in [0, 0.05) is 10.9 Å². The van der Waals surface area contributed by atoms with Crippen molar-refractivity contribution in [3.8, 4) is 6.07 Å². The smallest absolute Gasteiger partial charge is 0.106 e. The maximum atomic E-state index is 9.26. The average Bonchev–Trinajstić information content (AvgIpc) is 2.67. The fourth-order valence-electron chi connectivity index (χ4n) is 1.94. The minimum absolute atomic E-state index is 0.166. The molecule has 1 atom stereocenters. The van der Waals surface area contributed by atoms with E-state index in [4.69, 9.17) is 0 Å². The van der Waals surface area contributed by atoms with Crippen LogP contribution in [0.4, 0.5) is 0 Å². The maximum Gasteiger partial charge on any atom is 0.106 e. The van der Waals surface area contributed by atoms with Gasteiger partial charge in [0.15, 0.2) is 0 Å². The van der Waals surface area contributed by atoms with Crippen LogP contribution in [0.1, 0.15) is 18.4 Å². The van der Waals surface area contributed by atoms with Crippen LogP contribution in [0.3, 0.4) is 0 Å². The van der Waals surface area contributed by atoms with E-state index in [0.29, 0.717) is 0 Å². The molecule has 0 radical (unpaired) electrons. The van der Waals surface area contributed by atoms with Crippen LogP contribution in [0.2, 0.25) is 0 Å². The highest BCUT2D eigenvalue weighted by atomic mass is 79.9. The minimum atomic E-state index is -0.166. The Morgan fingerprint density at radius 3 is 3.00 bits per heavy atom. The molecule has 0 amide bonds. The molecule has 1 aliphatic heterocycles. The zero-order valence-electron chi connectivity index (χ0n) is 8.37. The predicted molar refractivity (Wildman–Crippen MR) is 67.9 cm³/mol. The third-order valence-corrected chi connectivity index (χ3v) is 4.66. The molecule has 0 aliphatic carbocycles. The number of benzene rings is 1. The van der Waals surface area contributed by atoms with Gasteiger partial charge in [0.05, 0.1) is 6.07 Å². The first-order valence-electron chi connectivity index (χ1n) is 5.04. The molecule has 15 heavy (non-hydrogen) atoms. The molecule has 1 heterocycles. The predicted octanol–water partition coefficient (Wildman–Crippen LogP) is 3.78. The topological polar surface area (TPSA) is 23.8 Å². The van der Waals surface area contributed by atoms with Crippen molar-refractivity contribution in [1.29, 1.82) is 5.26 Å². The Labute approximate surface area is 103 Å². The number of rotatable bonds is 2. The summed E-state index contributed by atoms with van der Waals surface area (Å²) in [7, 11) is 0. The molecule has 78 valence electrons. The molecular weight excluding hydrogens is 270 g/mol. The third-order valence-electron chi connectivity index (χ3n) is 2.69. The summed E-state index contributed by atoms with van der Waals surface area (Å²) in [5.74, 6) is 1.13. The van der Waals surface area contributed by atoms with Gasteiger partial charge in [0.25, 0.3) is 0 Å². The van der Waals surface area contributed by atoms with E-state index in [9.17, 15) is 5.26 Å². The Morgan fingerprint density at radius 2 is 2.40 bits per heavy atom. The lowest BCUT2D eigenvalue weighted by Crippen LogP contribution is -2.21. The molecule has 1 saturated heterocycles. The highest BCUT2D eigenvalue weighted by Gasteiger charge is 2.34. The first-order chi connectivity index (χ1) is 7.24. The van der Waals surface area contributed by atoms with Crippen LogP contribution in [0.5, 0.6) is 0 Å². The first-order valence-corrected chi connectivity index (χ1v) is 6.82. The van der Waals surface area contributed by atoms with Gasteiger partial charge in [-0.2, -0.15) is 5.26 Å². The standard InChI is InChI=1S/C12H12BrNS/c13-11-4-1-3-10(7-11)8-12(9-14)5-2-6-15-12/h1,3-4,7H,2,5-6,8H2. The van der Waals surface area contributed by atoms with Crippen molar-refractivity contribution in [2.45, 2.75) is 24.0 Å².